The van der Waals surface area contributed by atoms with Gasteiger partial charge in [0.1, 0.15) is 0 Å². The molecule has 0 bridgehead atoms. The number of sulfone groups is 1. The molecule has 1 fully saturated rings. The fraction of sp³-hybridized carbons (Fsp3) is 0.417. The van der Waals surface area contributed by atoms with Crippen LogP contribution in [0.4, 0.5) is 13.2 Å². The Morgan fingerprint density at radius 3 is 2.48 bits per heavy atom. The van der Waals surface area contributed by atoms with Crippen molar-refractivity contribution in [2.75, 3.05) is 11.5 Å². The average Bonchev–Trinajstić information content (AvgIpc) is 2.61. The highest BCUT2D eigenvalue weighted by Crippen LogP contribution is 2.29. The SMILES string of the molecule is O=C(N[C@@H]1CS(=O)(=O)C[C@@H]1Cl)c1cccc(C(F)(F)F)c1. The fourth-order valence-corrected chi connectivity index (χ4v) is 4.58. The number of hydrogen-bond acceptors (Lipinski definition) is 3. The summed E-state index contributed by atoms with van der Waals surface area (Å²) in [7, 11) is -3.33. The minimum absolute atomic E-state index is 0.196. The maximum Gasteiger partial charge on any atom is 0.416 e. The quantitative estimate of drug-likeness (QED) is 0.835. The average molecular weight is 342 g/mol. The number of benzene rings is 1. The number of alkyl halides is 4. The first kappa shape index (κ1) is 16.1. The van der Waals surface area contributed by atoms with E-state index in [0.29, 0.717) is 6.07 Å². The van der Waals surface area contributed by atoms with Gasteiger partial charge in [0, 0.05) is 5.56 Å². The molecule has 1 N–H and O–H groups in total. The zero-order chi connectivity index (χ0) is 15.8. The van der Waals surface area contributed by atoms with E-state index in [1.54, 1.807) is 0 Å². The molecule has 1 aromatic carbocycles. The number of nitrogens with one attached hydrogen (secondary N) is 1. The molecule has 1 saturated heterocycles. The molecule has 2 atom stereocenters. The first-order chi connectivity index (χ1) is 9.58. The van der Waals surface area contributed by atoms with Crippen molar-refractivity contribution in [3.05, 3.63) is 35.4 Å². The molecule has 0 spiro atoms. The Morgan fingerprint density at radius 1 is 1.29 bits per heavy atom. The van der Waals surface area contributed by atoms with Gasteiger partial charge in [0.2, 0.25) is 0 Å². The Bertz CT molecular complexity index is 660. The van der Waals surface area contributed by atoms with Gasteiger partial charge in [-0.3, -0.25) is 4.79 Å². The molecule has 0 aliphatic carbocycles. The monoisotopic (exact) mass is 341 g/mol. The van der Waals surface area contributed by atoms with Crippen LogP contribution in [0.25, 0.3) is 0 Å². The van der Waals surface area contributed by atoms with E-state index in [4.69, 9.17) is 11.6 Å². The molecule has 0 saturated carbocycles. The van der Waals surface area contributed by atoms with Crippen molar-refractivity contribution in [3.63, 3.8) is 0 Å². The van der Waals surface area contributed by atoms with Crippen molar-refractivity contribution in [1.82, 2.24) is 5.32 Å². The van der Waals surface area contributed by atoms with Gasteiger partial charge in [-0.05, 0) is 18.2 Å². The molecule has 0 unspecified atom stereocenters. The predicted octanol–water partition coefficient (Wildman–Crippen LogP) is 1.84. The topological polar surface area (TPSA) is 63.2 Å². The fourth-order valence-electron chi connectivity index (χ4n) is 2.03. The highest BCUT2D eigenvalue weighted by molar-refractivity contribution is 7.91. The van der Waals surface area contributed by atoms with Crippen LogP contribution in [-0.4, -0.2) is 37.2 Å². The summed E-state index contributed by atoms with van der Waals surface area (Å²) in [6.45, 7) is 0. The third kappa shape index (κ3) is 3.88. The Hall–Kier alpha value is -1.28. The van der Waals surface area contributed by atoms with Crippen LogP contribution in [0.3, 0.4) is 0 Å². The lowest BCUT2D eigenvalue weighted by atomic mass is 10.1. The smallest absolute Gasteiger partial charge is 0.347 e. The molecule has 1 amide bonds. The Labute approximate surface area is 124 Å². The van der Waals surface area contributed by atoms with Gasteiger partial charge in [-0.25, -0.2) is 8.42 Å². The highest BCUT2D eigenvalue weighted by atomic mass is 35.5. The predicted molar refractivity (Wildman–Crippen MR) is 71.0 cm³/mol. The Kier molecular flexibility index (Phi) is 4.21. The van der Waals surface area contributed by atoms with Crippen molar-refractivity contribution >= 4 is 27.3 Å². The first-order valence-electron chi connectivity index (χ1n) is 5.91. The van der Waals surface area contributed by atoms with Gasteiger partial charge in [0.05, 0.1) is 28.5 Å². The Morgan fingerprint density at radius 2 is 1.95 bits per heavy atom. The van der Waals surface area contributed by atoms with Crippen molar-refractivity contribution in [1.29, 1.82) is 0 Å². The molecule has 2 rings (SSSR count). The van der Waals surface area contributed by atoms with E-state index in [1.165, 1.54) is 6.07 Å². The van der Waals surface area contributed by atoms with Crippen LogP contribution in [-0.2, 0) is 16.0 Å². The van der Waals surface area contributed by atoms with Crippen molar-refractivity contribution in [2.24, 2.45) is 0 Å². The second kappa shape index (κ2) is 5.49. The summed E-state index contributed by atoms with van der Waals surface area (Å²) in [5.41, 5.74) is -1.14. The van der Waals surface area contributed by atoms with E-state index in [9.17, 15) is 26.4 Å². The third-order valence-corrected chi connectivity index (χ3v) is 5.43. The first-order valence-corrected chi connectivity index (χ1v) is 8.17. The summed E-state index contributed by atoms with van der Waals surface area (Å²) >= 11 is 5.82. The molecule has 1 aromatic rings. The summed E-state index contributed by atoms with van der Waals surface area (Å²) in [6.07, 6.45) is -4.55. The maximum atomic E-state index is 12.6. The van der Waals surface area contributed by atoms with E-state index in [2.05, 4.69) is 5.32 Å². The van der Waals surface area contributed by atoms with Gasteiger partial charge >= 0.3 is 6.18 Å². The second-order valence-electron chi connectivity index (χ2n) is 4.75. The van der Waals surface area contributed by atoms with Crippen LogP contribution in [0.5, 0.6) is 0 Å². The molecular formula is C12H11ClF3NO3S. The summed E-state index contributed by atoms with van der Waals surface area (Å²) in [5.74, 6) is -1.36. The van der Waals surface area contributed by atoms with E-state index < -0.39 is 38.9 Å². The molecule has 21 heavy (non-hydrogen) atoms. The van der Waals surface area contributed by atoms with Crippen LogP contribution in [0.15, 0.2) is 24.3 Å². The molecule has 1 aliphatic rings. The van der Waals surface area contributed by atoms with Gasteiger partial charge in [-0.2, -0.15) is 13.2 Å². The van der Waals surface area contributed by atoms with E-state index in [0.717, 1.165) is 12.1 Å². The minimum Gasteiger partial charge on any atom is -0.347 e. The molecular weight excluding hydrogens is 331 g/mol. The minimum atomic E-state index is -4.55. The van der Waals surface area contributed by atoms with Gasteiger partial charge < -0.3 is 5.32 Å². The molecule has 0 radical (unpaired) electrons. The van der Waals surface area contributed by atoms with Crippen LogP contribution in [0, 0.1) is 0 Å². The zero-order valence-corrected chi connectivity index (χ0v) is 12.1. The lowest BCUT2D eigenvalue weighted by molar-refractivity contribution is -0.137. The molecule has 0 aromatic heterocycles. The van der Waals surface area contributed by atoms with E-state index in [1.807, 2.05) is 0 Å². The number of rotatable bonds is 2. The van der Waals surface area contributed by atoms with Crippen LogP contribution < -0.4 is 5.32 Å². The lowest BCUT2D eigenvalue weighted by Crippen LogP contribution is -2.40. The van der Waals surface area contributed by atoms with Crippen molar-refractivity contribution < 1.29 is 26.4 Å². The normalized spacial score (nSPS) is 24.8. The molecule has 9 heteroatoms. The maximum absolute atomic E-state index is 12.6. The standard InChI is InChI=1S/C12H11ClF3NO3S/c13-9-5-21(19,20)6-10(9)17-11(18)7-2-1-3-8(4-7)12(14,15)16/h1-4,9-10H,5-6H2,(H,17,18)/t9-,10+/m0/s1. The van der Waals surface area contributed by atoms with Crippen molar-refractivity contribution in [2.45, 2.75) is 17.6 Å². The van der Waals surface area contributed by atoms with Gasteiger partial charge in [-0.1, -0.05) is 6.07 Å². The summed E-state index contributed by atoms with van der Waals surface area (Å²) in [6, 6.07) is 3.08. The van der Waals surface area contributed by atoms with E-state index in [-0.39, 0.29) is 17.1 Å². The van der Waals surface area contributed by atoms with E-state index >= 15 is 0 Å². The van der Waals surface area contributed by atoms with Crippen LogP contribution in [0.2, 0.25) is 0 Å². The van der Waals surface area contributed by atoms with Gasteiger partial charge in [-0.15, -0.1) is 11.6 Å². The highest BCUT2D eigenvalue weighted by Gasteiger charge is 2.37. The summed E-state index contributed by atoms with van der Waals surface area (Å²) in [5, 5.41) is 1.57. The zero-order valence-electron chi connectivity index (χ0n) is 10.5. The summed E-state index contributed by atoms with van der Waals surface area (Å²) < 4.78 is 60.4. The molecule has 116 valence electrons. The number of carbonyl (C=O) groups is 1. The molecule has 1 heterocycles. The molecule has 1 aliphatic heterocycles. The number of carbonyl (C=O) groups excluding carboxylic acids is 1. The molecule has 4 nitrogen and oxygen atoms in total. The Balaban J connectivity index is 2.15. The van der Waals surface area contributed by atoms with Crippen LogP contribution in [0.1, 0.15) is 15.9 Å². The third-order valence-electron chi connectivity index (χ3n) is 3.05. The number of hydrogen-bond donors (Lipinski definition) is 1. The second-order valence-corrected chi connectivity index (χ2v) is 7.47. The largest absolute Gasteiger partial charge is 0.416 e. The van der Waals surface area contributed by atoms with Gasteiger partial charge in [0.15, 0.2) is 9.84 Å². The lowest BCUT2D eigenvalue weighted by Gasteiger charge is -2.15. The van der Waals surface area contributed by atoms with Crippen LogP contribution >= 0.6 is 11.6 Å². The number of amides is 1. The number of halogens is 4. The van der Waals surface area contributed by atoms with Crippen molar-refractivity contribution in [3.8, 4) is 0 Å². The summed E-state index contributed by atoms with van der Waals surface area (Å²) in [4.78, 5) is 11.9. The van der Waals surface area contributed by atoms with Gasteiger partial charge in [0.25, 0.3) is 5.91 Å².